The lowest BCUT2D eigenvalue weighted by Crippen LogP contribution is -2.28. The fraction of sp³-hybridized carbons (Fsp3) is 0.188. The molecule has 3 N–H and O–H groups in total. The van der Waals surface area contributed by atoms with Crippen molar-refractivity contribution in [3.63, 3.8) is 0 Å². The van der Waals surface area contributed by atoms with E-state index in [0.717, 1.165) is 16.7 Å². The van der Waals surface area contributed by atoms with E-state index < -0.39 is 11.9 Å². The quantitative estimate of drug-likeness (QED) is 0.898. The summed E-state index contributed by atoms with van der Waals surface area (Å²) >= 11 is 0. The molecule has 0 aromatic heterocycles. The number of nitrogens with one attached hydrogen (secondary N) is 1. The Hall–Kier alpha value is -2.36. The number of halogens is 1. The Morgan fingerprint density at radius 2 is 1.80 bits per heavy atom. The number of primary amides is 1. The number of benzene rings is 2. The number of anilines is 1. The Balaban J connectivity index is 2.31. The second kappa shape index (κ2) is 5.74. The lowest BCUT2D eigenvalue weighted by atomic mass is 9.98. The van der Waals surface area contributed by atoms with E-state index in [-0.39, 0.29) is 5.82 Å². The molecule has 1 atom stereocenters. The van der Waals surface area contributed by atoms with Crippen molar-refractivity contribution in [2.75, 3.05) is 5.32 Å². The fourth-order valence-electron chi connectivity index (χ4n) is 2.16. The van der Waals surface area contributed by atoms with Gasteiger partial charge in [-0.1, -0.05) is 23.8 Å². The summed E-state index contributed by atoms with van der Waals surface area (Å²) in [6.07, 6.45) is 0. The zero-order valence-electron chi connectivity index (χ0n) is 11.5. The van der Waals surface area contributed by atoms with E-state index in [1.807, 2.05) is 32.0 Å². The highest BCUT2D eigenvalue weighted by molar-refractivity contribution is 5.85. The van der Waals surface area contributed by atoms with Crippen LogP contribution in [-0.2, 0) is 4.79 Å². The summed E-state index contributed by atoms with van der Waals surface area (Å²) in [5.41, 5.74) is 9.06. The van der Waals surface area contributed by atoms with Crippen LogP contribution < -0.4 is 11.1 Å². The van der Waals surface area contributed by atoms with Crippen molar-refractivity contribution in [1.29, 1.82) is 0 Å². The average Bonchev–Trinajstić information content (AvgIpc) is 2.39. The normalized spacial score (nSPS) is 11.9. The van der Waals surface area contributed by atoms with Gasteiger partial charge in [-0.15, -0.1) is 0 Å². The Labute approximate surface area is 117 Å². The monoisotopic (exact) mass is 272 g/mol. The Morgan fingerprint density at radius 1 is 1.15 bits per heavy atom. The number of hydrogen-bond donors (Lipinski definition) is 2. The van der Waals surface area contributed by atoms with Gasteiger partial charge in [0, 0.05) is 5.69 Å². The number of amides is 1. The van der Waals surface area contributed by atoms with Crippen LogP contribution >= 0.6 is 0 Å². The molecule has 2 aromatic carbocycles. The number of rotatable bonds is 4. The van der Waals surface area contributed by atoms with Crippen LogP contribution in [0.4, 0.5) is 10.1 Å². The van der Waals surface area contributed by atoms with E-state index in [1.54, 1.807) is 12.1 Å². The molecule has 0 aliphatic carbocycles. The van der Waals surface area contributed by atoms with E-state index in [0.29, 0.717) is 5.69 Å². The Bertz CT molecular complexity index is 623. The summed E-state index contributed by atoms with van der Waals surface area (Å²) in [7, 11) is 0. The molecule has 2 aromatic rings. The van der Waals surface area contributed by atoms with Crippen molar-refractivity contribution in [2.45, 2.75) is 19.9 Å². The molecule has 0 fully saturated rings. The topological polar surface area (TPSA) is 55.1 Å². The maximum absolute atomic E-state index is 12.9. The van der Waals surface area contributed by atoms with E-state index >= 15 is 0 Å². The summed E-state index contributed by atoms with van der Waals surface area (Å²) in [5, 5.41) is 3.04. The van der Waals surface area contributed by atoms with E-state index in [4.69, 9.17) is 5.73 Å². The van der Waals surface area contributed by atoms with Gasteiger partial charge in [-0.25, -0.2) is 4.39 Å². The highest BCUT2D eigenvalue weighted by atomic mass is 19.1. The summed E-state index contributed by atoms with van der Waals surface area (Å²) in [6, 6.07) is 11.0. The molecule has 1 unspecified atom stereocenters. The van der Waals surface area contributed by atoms with Gasteiger partial charge in [0.2, 0.25) is 5.91 Å². The fourth-order valence-corrected chi connectivity index (χ4v) is 2.16. The van der Waals surface area contributed by atoms with E-state index in [9.17, 15) is 9.18 Å². The van der Waals surface area contributed by atoms with Gasteiger partial charge < -0.3 is 11.1 Å². The first-order valence-electron chi connectivity index (χ1n) is 6.36. The zero-order valence-corrected chi connectivity index (χ0v) is 11.5. The summed E-state index contributed by atoms with van der Waals surface area (Å²) in [6.45, 7) is 3.92. The summed E-state index contributed by atoms with van der Waals surface area (Å²) in [5.74, 6) is -0.793. The molecule has 1 amide bonds. The van der Waals surface area contributed by atoms with Gasteiger partial charge in [0.25, 0.3) is 0 Å². The van der Waals surface area contributed by atoms with Gasteiger partial charge in [-0.3, -0.25) is 4.79 Å². The van der Waals surface area contributed by atoms with Crippen molar-refractivity contribution >= 4 is 11.6 Å². The molecule has 0 heterocycles. The lowest BCUT2D eigenvalue weighted by Gasteiger charge is -2.19. The third-order valence-corrected chi connectivity index (χ3v) is 3.18. The van der Waals surface area contributed by atoms with Crippen LogP contribution in [0.2, 0.25) is 0 Å². The number of carbonyl (C=O) groups excluding carboxylic acids is 1. The van der Waals surface area contributed by atoms with Crippen LogP contribution in [-0.4, -0.2) is 5.91 Å². The van der Waals surface area contributed by atoms with Crippen molar-refractivity contribution in [3.05, 3.63) is 65.0 Å². The second-order valence-electron chi connectivity index (χ2n) is 4.85. The highest BCUT2D eigenvalue weighted by Crippen LogP contribution is 2.23. The SMILES string of the molecule is Cc1ccc(C(Nc2ccc(F)cc2)C(N)=O)c(C)c1. The molecular formula is C16H17FN2O. The number of aryl methyl sites for hydroxylation is 2. The molecule has 4 heteroatoms. The summed E-state index contributed by atoms with van der Waals surface area (Å²) < 4.78 is 12.9. The minimum atomic E-state index is -0.638. The minimum Gasteiger partial charge on any atom is -0.370 e. The third-order valence-electron chi connectivity index (χ3n) is 3.18. The molecule has 0 aliphatic heterocycles. The van der Waals surface area contributed by atoms with Crippen molar-refractivity contribution in [1.82, 2.24) is 0 Å². The third kappa shape index (κ3) is 3.15. The minimum absolute atomic E-state index is 0.322. The molecule has 20 heavy (non-hydrogen) atoms. The van der Waals surface area contributed by atoms with Crippen LogP contribution in [0.5, 0.6) is 0 Å². The molecule has 0 saturated heterocycles. The van der Waals surface area contributed by atoms with Gasteiger partial charge in [0.1, 0.15) is 11.9 Å². The molecular weight excluding hydrogens is 255 g/mol. The number of hydrogen-bond acceptors (Lipinski definition) is 2. The van der Waals surface area contributed by atoms with Gasteiger partial charge in [0.05, 0.1) is 0 Å². The van der Waals surface area contributed by atoms with Crippen LogP contribution in [0, 0.1) is 19.7 Å². The molecule has 0 aliphatic rings. The first-order valence-corrected chi connectivity index (χ1v) is 6.36. The maximum Gasteiger partial charge on any atom is 0.244 e. The predicted molar refractivity (Wildman–Crippen MR) is 77.9 cm³/mol. The smallest absolute Gasteiger partial charge is 0.244 e. The molecule has 0 bridgehead atoms. The number of nitrogens with two attached hydrogens (primary N) is 1. The van der Waals surface area contributed by atoms with Gasteiger partial charge >= 0.3 is 0 Å². The van der Waals surface area contributed by atoms with Crippen LogP contribution in [0.25, 0.3) is 0 Å². The predicted octanol–water partition coefficient (Wildman–Crippen LogP) is 3.08. The molecule has 3 nitrogen and oxygen atoms in total. The highest BCUT2D eigenvalue weighted by Gasteiger charge is 2.19. The summed E-state index contributed by atoms with van der Waals surface area (Å²) in [4.78, 5) is 11.7. The number of carbonyl (C=O) groups is 1. The Morgan fingerprint density at radius 3 is 2.35 bits per heavy atom. The molecule has 0 saturated carbocycles. The van der Waals surface area contributed by atoms with Gasteiger partial charge in [-0.2, -0.15) is 0 Å². The first-order chi connectivity index (χ1) is 9.47. The van der Waals surface area contributed by atoms with Gasteiger partial charge in [-0.05, 0) is 49.2 Å². The average molecular weight is 272 g/mol. The largest absolute Gasteiger partial charge is 0.370 e. The van der Waals surface area contributed by atoms with E-state index in [2.05, 4.69) is 5.32 Å². The van der Waals surface area contributed by atoms with Gasteiger partial charge in [0.15, 0.2) is 0 Å². The van der Waals surface area contributed by atoms with Crippen LogP contribution in [0.15, 0.2) is 42.5 Å². The van der Waals surface area contributed by atoms with Crippen molar-refractivity contribution in [3.8, 4) is 0 Å². The lowest BCUT2D eigenvalue weighted by molar-refractivity contribution is -0.118. The standard InChI is InChI=1S/C16H17FN2O/c1-10-3-8-14(11(2)9-10)15(16(18)20)19-13-6-4-12(17)5-7-13/h3-9,15,19H,1-2H3,(H2,18,20). The maximum atomic E-state index is 12.9. The molecule has 0 spiro atoms. The van der Waals surface area contributed by atoms with E-state index in [1.165, 1.54) is 12.1 Å². The first kappa shape index (κ1) is 14.1. The van der Waals surface area contributed by atoms with Crippen molar-refractivity contribution in [2.24, 2.45) is 5.73 Å². The molecule has 104 valence electrons. The Kier molecular flexibility index (Phi) is 4.03. The van der Waals surface area contributed by atoms with Crippen molar-refractivity contribution < 1.29 is 9.18 Å². The zero-order chi connectivity index (χ0) is 14.7. The molecule has 0 radical (unpaired) electrons. The molecule has 2 rings (SSSR count). The second-order valence-corrected chi connectivity index (χ2v) is 4.85. The van der Waals surface area contributed by atoms with Crippen LogP contribution in [0.1, 0.15) is 22.7 Å². The van der Waals surface area contributed by atoms with Crippen LogP contribution in [0.3, 0.4) is 0 Å².